The van der Waals surface area contributed by atoms with E-state index in [0.717, 1.165) is 25.7 Å². The van der Waals surface area contributed by atoms with Crippen LogP contribution in [0.15, 0.2) is 0 Å². The van der Waals surface area contributed by atoms with Gasteiger partial charge in [-0.1, -0.05) is 85.0 Å². The summed E-state index contributed by atoms with van der Waals surface area (Å²) in [6.07, 6.45) is 14.7. The Balaban J connectivity index is 2.04. The first kappa shape index (κ1) is 27.2. The van der Waals surface area contributed by atoms with Crippen molar-refractivity contribution < 1.29 is 19.4 Å². The summed E-state index contributed by atoms with van der Waals surface area (Å²) in [5.74, 6) is 0.466. The first-order valence-corrected chi connectivity index (χ1v) is 12.5. The van der Waals surface area contributed by atoms with E-state index < -0.39 is 6.29 Å². The van der Waals surface area contributed by atoms with Crippen molar-refractivity contribution in [3.63, 3.8) is 0 Å². The quantitative estimate of drug-likeness (QED) is 0.264. The Morgan fingerprint density at radius 2 is 1.63 bits per heavy atom. The number of unbranched alkanes of at least 4 members (excludes halogenated alkanes) is 10. The Kier molecular flexibility index (Phi) is 16.1. The van der Waals surface area contributed by atoms with Gasteiger partial charge in [-0.15, -0.1) is 0 Å². The zero-order valence-corrected chi connectivity index (χ0v) is 19.8. The van der Waals surface area contributed by atoms with Gasteiger partial charge in [-0.25, -0.2) is 4.79 Å². The van der Waals surface area contributed by atoms with Gasteiger partial charge in [0.2, 0.25) is 0 Å². The number of rotatable bonds is 18. The maximum atomic E-state index is 12.1. The van der Waals surface area contributed by atoms with Gasteiger partial charge in [-0.05, 0) is 25.2 Å². The van der Waals surface area contributed by atoms with Gasteiger partial charge in [0, 0.05) is 12.6 Å². The first-order valence-electron chi connectivity index (χ1n) is 12.5. The summed E-state index contributed by atoms with van der Waals surface area (Å²) in [5, 5.41) is 16.0. The monoisotopic (exact) mass is 428 g/mol. The summed E-state index contributed by atoms with van der Waals surface area (Å²) in [4.78, 5) is 12.1. The van der Waals surface area contributed by atoms with Crippen molar-refractivity contribution in [2.45, 2.75) is 123 Å². The number of carbonyl (C=O) groups is 1. The number of carbonyl (C=O) groups excluding carboxylic acids is 1. The van der Waals surface area contributed by atoms with Crippen LogP contribution >= 0.6 is 0 Å². The maximum Gasteiger partial charge on any atom is 0.407 e. The normalized spacial score (nSPS) is 19.9. The number of aliphatic hydroxyl groups is 1. The van der Waals surface area contributed by atoms with Crippen LogP contribution in [0.2, 0.25) is 0 Å². The van der Waals surface area contributed by atoms with Crippen molar-refractivity contribution >= 4 is 6.09 Å². The third-order valence-electron chi connectivity index (χ3n) is 5.75. The number of alkyl carbamates (subject to hydrolysis) is 1. The Hall–Kier alpha value is -0.850. The Morgan fingerprint density at radius 3 is 2.17 bits per heavy atom. The molecule has 6 heteroatoms. The van der Waals surface area contributed by atoms with Gasteiger partial charge in [0.25, 0.3) is 0 Å². The maximum absolute atomic E-state index is 12.1. The average molecular weight is 429 g/mol. The van der Waals surface area contributed by atoms with Gasteiger partial charge in [0.15, 0.2) is 6.29 Å². The summed E-state index contributed by atoms with van der Waals surface area (Å²) in [7, 11) is 0. The lowest BCUT2D eigenvalue weighted by molar-refractivity contribution is -0.0718. The number of hydrogen-bond acceptors (Lipinski definition) is 5. The molecule has 6 nitrogen and oxygen atoms in total. The van der Waals surface area contributed by atoms with Gasteiger partial charge < -0.3 is 25.2 Å². The molecule has 1 aliphatic rings. The molecule has 1 fully saturated rings. The molecule has 0 bridgehead atoms. The smallest absolute Gasteiger partial charge is 0.407 e. The standard InChI is InChI=1S/C24H48N2O4/c1-4-5-6-7-8-9-10-11-12-13-14-16-30-24(28)26-21(18-20(2)3)19-25-22-15-17-29-23(22)27/h20-23,25,27H,4-19H2,1-3H3,(H,26,28)/t21-,22+,23?/m1/s1. The molecule has 30 heavy (non-hydrogen) atoms. The second-order valence-corrected chi connectivity index (χ2v) is 9.21. The molecule has 0 aromatic carbocycles. The lowest BCUT2D eigenvalue weighted by Crippen LogP contribution is -2.47. The largest absolute Gasteiger partial charge is 0.450 e. The van der Waals surface area contributed by atoms with Gasteiger partial charge in [0.1, 0.15) is 0 Å². The van der Waals surface area contributed by atoms with E-state index in [9.17, 15) is 9.90 Å². The Morgan fingerprint density at radius 1 is 1.03 bits per heavy atom. The molecule has 178 valence electrons. The number of hydrogen-bond donors (Lipinski definition) is 3. The molecule has 0 aromatic heterocycles. The van der Waals surface area contributed by atoms with Crippen LogP contribution in [0, 0.1) is 5.92 Å². The highest BCUT2D eigenvalue weighted by Crippen LogP contribution is 2.13. The van der Waals surface area contributed by atoms with Crippen LogP contribution in [0.4, 0.5) is 4.79 Å². The SMILES string of the molecule is CCCCCCCCCCCCCOC(=O)N[C@@H](CN[C@H]1CCOC1O)CC(C)C. The van der Waals surface area contributed by atoms with Crippen LogP contribution in [-0.4, -0.2) is 49.3 Å². The topological polar surface area (TPSA) is 79.8 Å². The molecular formula is C24H48N2O4. The van der Waals surface area contributed by atoms with Crippen molar-refractivity contribution in [1.29, 1.82) is 0 Å². The van der Waals surface area contributed by atoms with Gasteiger partial charge in [-0.2, -0.15) is 0 Å². The Bertz CT molecular complexity index is 420. The minimum Gasteiger partial charge on any atom is -0.450 e. The zero-order valence-electron chi connectivity index (χ0n) is 19.8. The second kappa shape index (κ2) is 17.8. The molecule has 0 aliphatic carbocycles. The fraction of sp³-hybridized carbons (Fsp3) is 0.958. The fourth-order valence-corrected chi connectivity index (χ4v) is 3.97. The lowest BCUT2D eigenvalue weighted by Gasteiger charge is -2.23. The minimum absolute atomic E-state index is 0.0115. The van der Waals surface area contributed by atoms with Crippen LogP contribution in [0.25, 0.3) is 0 Å². The van der Waals surface area contributed by atoms with Crippen LogP contribution < -0.4 is 10.6 Å². The molecule has 0 saturated carbocycles. The molecule has 3 atom stereocenters. The average Bonchev–Trinajstić information content (AvgIpc) is 3.11. The summed E-state index contributed by atoms with van der Waals surface area (Å²) >= 11 is 0. The number of aliphatic hydroxyl groups excluding tert-OH is 1. The van der Waals surface area contributed by atoms with E-state index in [2.05, 4.69) is 31.4 Å². The van der Waals surface area contributed by atoms with Crippen LogP contribution in [0.3, 0.4) is 0 Å². The second-order valence-electron chi connectivity index (χ2n) is 9.21. The molecular weight excluding hydrogens is 380 g/mol. The van der Waals surface area contributed by atoms with Crippen LogP contribution in [0.1, 0.15) is 104 Å². The molecule has 0 radical (unpaired) electrons. The first-order chi connectivity index (χ1) is 14.5. The fourth-order valence-electron chi connectivity index (χ4n) is 3.97. The Labute approximate surface area is 184 Å². The number of amides is 1. The highest BCUT2D eigenvalue weighted by atomic mass is 16.6. The van der Waals surface area contributed by atoms with Crippen LogP contribution in [0.5, 0.6) is 0 Å². The molecule has 1 heterocycles. The van der Waals surface area contributed by atoms with E-state index in [1.165, 1.54) is 57.8 Å². The van der Waals surface area contributed by atoms with Crippen molar-refractivity contribution in [2.24, 2.45) is 5.92 Å². The molecule has 1 unspecified atom stereocenters. The van der Waals surface area contributed by atoms with E-state index in [1.54, 1.807) is 0 Å². The third-order valence-corrected chi connectivity index (χ3v) is 5.75. The molecule has 1 saturated heterocycles. The highest BCUT2D eigenvalue weighted by Gasteiger charge is 2.26. The summed E-state index contributed by atoms with van der Waals surface area (Å²) in [5.41, 5.74) is 0. The van der Waals surface area contributed by atoms with Gasteiger partial charge in [0.05, 0.1) is 19.3 Å². The predicted molar refractivity (Wildman–Crippen MR) is 123 cm³/mol. The number of ether oxygens (including phenoxy) is 2. The molecule has 0 spiro atoms. The third kappa shape index (κ3) is 14.2. The van der Waals surface area contributed by atoms with E-state index in [0.29, 0.717) is 25.7 Å². The minimum atomic E-state index is -0.752. The van der Waals surface area contributed by atoms with Crippen molar-refractivity contribution in [3.8, 4) is 0 Å². The van der Waals surface area contributed by atoms with Gasteiger partial charge in [-0.3, -0.25) is 0 Å². The van der Waals surface area contributed by atoms with Gasteiger partial charge >= 0.3 is 6.09 Å². The summed E-state index contributed by atoms with van der Waals surface area (Å²) < 4.78 is 10.5. The molecule has 1 amide bonds. The van der Waals surface area contributed by atoms with Crippen molar-refractivity contribution in [3.05, 3.63) is 0 Å². The summed E-state index contributed by atoms with van der Waals surface area (Å²) in [6.45, 7) is 8.20. The van der Waals surface area contributed by atoms with E-state index in [1.807, 2.05) is 0 Å². The van der Waals surface area contributed by atoms with E-state index >= 15 is 0 Å². The van der Waals surface area contributed by atoms with E-state index in [-0.39, 0.29) is 18.2 Å². The van der Waals surface area contributed by atoms with Crippen molar-refractivity contribution in [1.82, 2.24) is 10.6 Å². The molecule has 1 rings (SSSR count). The molecule has 1 aliphatic heterocycles. The highest BCUT2D eigenvalue weighted by molar-refractivity contribution is 5.67. The number of nitrogens with one attached hydrogen (secondary N) is 2. The lowest BCUT2D eigenvalue weighted by atomic mass is 10.0. The predicted octanol–water partition coefficient (Wildman–Crippen LogP) is 5.14. The van der Waals surface area contributed by atoms with Crippen LogP contribution in [-0.2, 0) is 9.47 Å². The zero-order chi connectivity index (χ0) is 22.0. The van der Waals surface area contributed by atoms with E-state index in [4.69, 9.17) is 9.47 Å². The molecule has 0 aromatic rings. The van der Waals surface area contributed by atoms with Crippen molar-refractivity contribution in [2.75, 3.05) is 19.8 Å². The summed E-state index contributed by atoms with van der Waals surface area (Å²) in [6, 6.07) is -0.0727. The molecule has 3 N–H and O–H groups in total.